The number of halogens is 1. The second-order valence-corrected chi connectivity index (χ2v) is 2.51. The molecule has 2 heterocycles. The van der Waals surface area contributed by atoms with Gasteiger partial charge in [0.05, 0.1) is 5.39 Å². The Labute approximate surface area is 62.6 Å². The minimum Gasteiger partial charge on any atom is -0.345 e. The van der Waals surface area contributed by atoms with Crippen molar-refractivity contribution in [1.29, 1.82) is 0 Å². The van der Waals surface area contributed by atoms with E-state index in [9.17, 15) is 0 Å². The maximum Gasteiger partial charge on any atom is 0.160 e. The first-order valence-electron chi connectivity index (χ1n) is 2.94. The number of rotatable bonds is 0. The molecule has 0 radical (unpaired) electrons. The fourth-order valence-electron chi connectivity index (χ4n) is 0.978. The van der Waals surface area contributed by atoms with Crippen LogP contribution in [-0.4, -0.2) is 14.8 Å². The van der Waals surface area contributed by atoms with Gasteiger partial charge >= 0.3 is 0 Å². The highest BCUT2D eigenvalue weighted by Crippen LogP contribution is 2.20. The molecule has 0 atom stereocenters. The summed E-state index contributed by atoms with van der Waals surface area (Å²) in [6.07, 6.45) is 1.82. The Hall–Kier alpha value is -0.960. The zero-order valence-electron chi connectivity index (χ0n) is 5.43. The topological polar surface area (TPSA) is 33.6 Å². The maximum atomic E-state index is 5.86. The predicted molar refractivity (Wildman–Crippen MR) is 40.1 cm³/mol. The van der Waals surface area contributed by atoms with Gasteiger partial charge in [-0.15, -0.1) is 0 Å². The smallest absolute Gasteiger partial charge is 0.160 e. The Kier molecular flexibility index (Phi) is 1.02. The molecule has 3 nitrogen and oxygen atoms in total. The lowest BCUT2D eigenvalue weighted by molar-refractivity contribution is 0.776. The molecule has 0 saturated heterocycles. The first-order valence-corrected chi connectivity index (χ1v) is 3.32. The van der Waals surface area contributed by atoms with Crippen LogP contribution < -0.4 is 0 Å². The summed E-state index contributed by atoms with van der Waals surface area (Å²) in [6, 6.07) is 1.91. The highest BCUT2D eigenvalue weighted by molar-refractivity contribution is 6.34. The Bertz CT molecular complexity index is 360. The number of fused-ring (bicyclic) bond motifs is 1. The van der Waals surface area contributed by atoms with E-state index in [0.717, 1.165) is 11.0 Å². The summed E-state index contributed by atoms with van der Waals surface area (Å²) in [4.78, 5) is 2.96. The fraction of sp³-hybridized carbons (Fsp3) is 0.167. The third kappa shape index (κ3) is 0.580. The molecule has 0 saturated carbocycles. The molecule has 0 unspecified atom stereocenters. The maximum absolute atomic E-state index is 5.86. The van der Waals surface area contributed by atoms with Crippen LogP contribution in [0.1, 0.15) is 0 Å². The lowest BCUT2D eigenvalue weighted by atomic mass is 10.4. The normalized spacial score (nSPS) is 11.0. The highest BCUT2D eigenvalue weighted by Gasteiger charge is 2.04. The number of hydrogen-bond donors (Lipinski definition) is 1. The highest BCUT2D eigenvalue weighted by atomic mass is 35.5. The summed E-state index contributed by atoms with van der Waals surface area (Å²) < 4.78 is 1.64. The van der Waals surface area contributed by atoms with Gasteiger partial charge in [0.25, 0.3) is 0 Å². The Morgan fingerprint density at radius 1 is 1.70 bits per heavy atom. The van der Waals surface area contributed by atoms with Gasteiger partial charge in [-0.3, -0.25) is 4.68 Å². The second-order valence-electron chi connectivity index (χ2n) is 2.15. The summed E-state index contributed by atoms with van der Waals surface area (Å²) in [5, 5.41) is 5.76. The number of aryl methyl sites for hydroxylation is 1. The largest absolute Gasteiger partial charge is 0.345 e. The molecule has 4 heteroatoms. The summed E-state index contributed by atoms with van der Waals surface area (Å²) in [6.45, 7) is 0. The van der Waals surface area contributed by atoms with Crippen LogP contribution >= 0.6 is 11.6 Å². The van der Waals surface area contributed by atoms with Crippen LogP contribution in [0.25, 0.3) is 11.0 Å². The molecule has 0 aliphatic carbocycles. The number of aromatic nitrogens is 3. The molecule has 0 bridgehead atoms. The molecule has 2 aromatic rings. The van der Waals surface area contributed by atoms with E-state index >= 15 is 0 Å². The van der Waals surface area contributed by atoms with Crippen molar-refractivity contribution in [2.24, 2.45) is 7.05 Å². The van der Waals surface area contributed by atoms with Crippen molar-refractivity contribution >= 4 is 22.6 Å². The molecule has 0 aromatic carbocycles. The number of nitrogens with zero attached hydrogens (tertiary/aromatic N) is 2. The Morgan fingerprint density at radius 2 is 2.50 bits per heavy atom. The van der Waals surface area contributed by atoms with Gasteiger partial charge in [-0.25, -0.2) is 0 Å². The third-order valence-corrected chi connectivity index (χ3v) is 1.93. The molecule has 52 valence electrons. The summed E-state index contributed by atoms with van der Waals surface area (Å²) in [7, 11) is 1.82. The third-order valence-electron chi connectivity index (χ3n) is 1.48. The molecule has 0 amide bonds. The predicted octanol–water partition coefficient (Wildman–Crippen LogP) is 1.55. The number of hydrogen-bond acceptors (Lipinski definition) is 1. The van der Waals surface area contributed by atoms with E-state index in [2.05, 4.69) is 10.1 Å². The van der Waals surface area contributed by atoms with E-state index in [1.807, 2.05) is 19.3 Å². The van der Waals surface area contributed by atoms with E-state index in [1.54, 1.807) is 4.68 Å². The molecule has 0 spiro atoms. The van der Waals surface area contributed by atoms with Gasteiger partial charge in [-0.05, 0) is 6.07 Å². The van der Waals surface area contributed by atoms with E-state index in [0.29, 0.717) is 5.15 Å². The van der Waals surface area contributed by atoms with Gasteiger partial charge in [-0.2, -0.15) is 5.10 Å². The summed E-state index contributed by atoms with van der Waals surface area (Å²) in [5.41, 5.74) is 0.840. The monoisotopic (exact) mass is 155 g/mol. The average Bonchev–Trinajstić information content (AvgIpc) is 2.41. The van der Waals surface area contributed by atoms with Crippen LogP contribution in [0.3, 0.4) is 0 Å². The number of aromatic amines is 1. The molecular weight excluding hydrogens is 150 g/mol. The quantitative estimate of drug-likeness (QED) is 0.616. The van der Waals surface area contributed by atoms with E-state index < -0.39 is 0 Å². The zero-order chi connectivity index (χ0) is 7.14. The fourth-order valence-corrected chi connectivity index (χ4v) is 1.17. The number of H-pyrrole nitrogens is 1. The van der Waals surface area contributed by atoms with Crippen LogP contribution in [0.15, 0.2) is 12.3 Å². The van der Waals surface area contributed by atoms with Crippen LogP contribution in [0.4, 0.5) is 0 Å². The first-order chi connectivity index (χ1) is 4.79. The first kappa shape index (κ1) is 5.80. The van der Waals surface area contributed by atoms with Gasteiger partial charge < -0.3 is 4.98 Å². The summed E-state index contributed by atoms with van der Waals surface area (Å²) in [5.74, 6) is 0. The van der Waals surface area contributed by atoms with Crippen molar-refractivity contribution < 1.29 is 0 Å². The summed E-state index contributed by atoms with van der Waals surface area (Å²) >= 11 is 5.86. The van der Waals surface area contributed by atoms with E-state index in [-0.39, 0.29) is 0 Å². The molecule has 2 rings (SSSR count). The van der Waals surface area contributed by atoms with Gasteiger partial charge in [0.1, 0.15) is 5.15 Å². The Morgan fingerprint density at radius 3 is 3.20 bits per heavy atom. The van der Waals surface area contributed by atoms with E-state index in [1.165, 1.54) is 0 Å². The molecule has 0 aliphatic rings. The van der Waals surface area contributed by atoms with Gasteiger partial charge in [-0.1, -0.05) is 11.6 Å². The van der Waals surface area contributed by atoms with Crippen LogP contribution in [0.2, 0.25) is 5.15 Å². The lowest BCUT2D eigenvalue weighted by Crippen LogP contribution is -1.88. The average molecular weight is 156 g/mol. The molecule has 10 heavy (non-hydrogen) atoms. The molecule has 1 N–H and O–H groups in total. The van der Waals surface area contributed by atoms with Crippen molar-refractivity contribution in [3.63, 3.8) is 0 Å². The number of nitrogens with one attached hydrogen (secondary N) is 1. The van der Waals surface area contributed by atoms with Gasteiger partial charge in [0.2, 0.25) is 0 Å². The van der Waals surface area contributed by atoms with Gasteiger partial charge in [0, 0.05) is 13.2 Å². The molecule has 0 aliphatic heterocycles. The van der Waals surface area contributed by atoms with Crippen LogP contribution in [0, 0.1) is 0 Å². The second kappa shape index (κ2) is 1.76. The molecular formula is C6H6ClN3. The van der Waals surface area contributed by atoms with Crippen LogP contribution in [-0.2, 0) is 7.05 Å². The Balaban J connectivity index is 2.95. The van der Waals surface area contributed by atoms with Crippen molar-refractivity contribution in [3.8, 4) is 0 Å². The molecule has 2 aromatic heterocycles. The van der Waals surface area contributed by atoms with E-state index in [4.69, 9.17) is 11.6 Å². The van der Waals surface area contributed by atoms with Crippen molar-refractivity contribution in [2.45, 2.75) is 0 Å². The van der Waals surface area contributed by atoms with Crippen molar-refractivity contribution in [2.75, 3.05) is 0 Å². The van der Waals surface area contributed by atoms with Crippen LogP contribution in [0.5, 0.6) is 0 Å². The standard InChI is InChI=1S/C6H6ClN3/c1-10-5(7)4-2-3-8-6(4)9-10/h2-3H,1H3,(H,8,9). The SMILES string of the molecule is Cn1nc2[nH]ccc2c1Cl. The lowest BCUT2D eigenvalue weighted by Gasteiger charge is -1.86. The minimum atomic E-state index is 0.677. The van der Waals surface area contributed by atoms with Crippen molar-refractivity contribution in [3.05, 3.63) is 17.4 Å². The van der Waals surface area contributed by atoms with Crippen molar-refractivity contribution in [1.82, 2.24) is 14.8 Å². The van der Waals surface area contributed by atoms with Gasteiger partial charge in [0.15, 0.2) is 5.65 Å². The zero-order valence-corrected chi connectivity index (χ0v) is 6.18. The minimum absolute atomic E-state index is 0.677. The molecule has 0 fully saturated rings.